The monoisotopic (exact) mass is 681 g/mol. The number of amidine groups is 1. The minimum absolute atomic E-state index is 0.00786. The Balaban J connectivity index is 1.68. The number of carbonyl (C=O) groups excluding carboxylic acids is 1. The van der Waals surface area contributed by atoms with E-state index in [0.29, 0.717) is 34.6 Å². The molecule has 0 radical (unpaired) electrons. The molecule has 2 aliphatic rings. The summed E-state index contributed by atoms with van der Waals surface area (Å²) in [6, 6.07) is 16.3. The molecule has 5 rings (SSSR count). The molecule has 2 heterocycles. The van der Waals surface area contributed by atoms with E-state index in [1.54, 1.807) is 41.0 Å². The number of hydrogen-bond acceptors (Lipinski definition) is 3. The van der Waals surface area contributed by atoms with Crippen LogP contribution in [0.3, 0.4) is 0 Å². The number of urea groups is 1. The summed E-state index contributed by atoms with van der Waals surface area (Å²) in [7, 11) is 0. The quantitative estimate of drug-likeness (QED) is 0.244. The molecule has 3 aromatic carbocycles. The second-order valence-corrected chi connectivity index (χ2v) is 11.8. The van der Waals surface area contributed by atoms with Crippen LogP contribution in [0.25, 0.3) is 0 Å². The average Bonchev–Trinajstić information content (AvgIpc) is 3.37. The summed E-state index contributed by atoms with van der Waals surface area (Å²) in [5.74, 6) is 0.724. The third-order valence-corrected chi connectivity index (χ3v) is 9.07. The van der Waals surface area contributed by atoms with E-state index in [-0.39, 0.29) is 24.2 Å². The Labute approximate surface area is 261 Å². The van der Waals surface area contributed by atoms with Crippen molar-refractivity contribution >= 4 is 51.0 Å². The average molecular weight is 683 g/mol. The third-order valence-electron chi connectivity index (χ3n) is 7.65. The Morgan fingerprint density at radius 3 is 2.12 bits per heavy atom. The number of carbonyl (C=O) groups is 1. The maximum atomic E-state index is 14.4. The lowest BCUT2D eigenvalue weighted by atomic mass is 9.93. The highest BCUT2D eigenvalue weighted by molar-refractivity contribution is 9.09. The molecule has 2 amide bonds. The van der Waals surface area contributed by atoms with Crippen molar-refractivity contribution in [2.75, 3.05) is 25.0 Å². The molecule has 0 bridgehead atoms. The molecule has 2 atom stereocenters. The lowest BCUT2D eigenvalue weighted by Gasteiger charge is -2.37. The number of nitrogens with zero attached hydrogens (tertiary/aromatic N) is 3. The number of piperidine rings is 1. The van der Waals surface area contributed by atoms with Crippen molar-refractivity contribution in [1.29, 1.82) is 0 Å². The normalized spacial score (nSPS) is 19.6. The van der Waals surface area contributed by atoms with E-state index >= 15 is 0 Å². The van der Waals surface area contributed by atoms with Gasteiger partial charge in [0.15, 0.2) is 0 Å². The third kappa shape index (κ3) is 6.43. The second-order valence-electron chi connectivity index (χ2n) is 10.3. The van der Waals surface area contributed by atoms with Crippen LogP contribution in [0.4, 0.5) is 18.0 Å². The van der Waals surface area contributed by atoms with Crippen molar-refractivity contribution < 1.29 is 22.7 Å². The summed E-state index contributed by atoms with van der Waals surface area (Å²) >= 11 is 16.0. The van der Waals surface area contributed by atoms with E-state index in [0.717, 1.165) is 41.4 Å². The fourth-order valence-electron chi connectivity index (χ4n) is 5.44. The molecule has 0 N–H and O–H groups in total. The lowest BCUT2D eigenvalue weighted by Crippen LogP contribution is -2.49. The van der Waals surface area contributed by atoms with Gasteiger partial charge in [-0.25, -0.2) is 4.79 Å². The molecular weight excluding hydrogens is 654 g/mol. The zero-order valence-corrected chi connectivity index (χ0v) is 25.8. The van der Waals surface area contributed by atoms with Crippen LogP contribution in [0.15, 0.2) is 71.7 Å². The van der Waals surface area contributed by atoms with Crippen LogP contribution in [0, 0.1) is 5.92 Å². The van der Waals surface area contributed by atoms with Gasteiger partial charge in [-0.3, -0.25) is 9.89 Å². The summed E-state index contributed by atoms with van der Waals surface area (Å²) in [5.41, 5.74) is 1.05. The van der Waals surface area contributed by atoms with Crippen molar-refractivity contribution in [1.82, 2.24) is 9.80 Å². The maximum absolute atomic E-state index is 14.4. The van der Waals surface area contributed by atoms with Crippen molar-refractivity contribution in [3.05, 3.63) is 99.0 Å². The highest BCUT2D eigenvalue weighted by Gasteiger charge is 2.45. The van der Waals surface area contributed by atoms with Crippen LogP contribution in [-0.2, 0) is 6.18 Å². The number of halogens is 6. The zero-order valence-electron chi connectivity index (χ0n) is 22.8. The number of aliphatic imine (C=N–C) groups is 1. The van der Waals surface area contributed by atoms with E-state index in [9.17, 15) is 18.0 Å². The van der Waals surface area contributed by atoms with Gasteiger partial charge in [0.05, 0.1) is 23.8 Å². The molecule has 5 nitrogen and oxygen atoms in total. The van der Waals surface area contributed by atoms with Gasteiger partial charge in [-0.15, -0.1) is 0 Å². The topological polar surface area (TPSA) is 45.1 Å². The minimum Gasteiger partial charge on any atom is -0.493 e. The fourth-order valence-corrected chi connectivity index (χ4v) is 6.34. The fraction of sp³-hybridized carbons (Fsp3) is 0.355. The molecule has 42 heavy (non-hydrogen) atoms. The van der Waals surface area contributed by atoms with Gasteiger partial charge in [-0.1, -0.05) is 63.4 Å². The van der Waals surface area contributed by atoms with Gasteiger partial charge in [0.2, 0.25) is 0 Å². The molecule has 1 fully saturated rings. The first-order valence-electron chi connectivity index (χ1n) is 13.7. The molecule has 222 valence electrons. The molecule has 0 aliphatic carbocycles. The zero-order chi connectivity index (χ0) is 30.0. The Morgan fingerprint density at radius 1 is 0.976 bits per heavy atom. The summed E-state index contributed by atoms with van der Waals surface area (Å²) in [6.45, 7) is 2.95. The second kappa shape index (κ2) is 12.9. The number of benzene rings is 3. The SMILES string of the molecule is CCOc1cc(C(F)(F)F)ccc1C1=NC(c2ccc(Cl)cc2)C(c2ccc(Cl)cc2)N1C(=O)N1CCC(CBr)CC1. The van der Waals surface area contributed by atoms with E-state index in [2.05, 4.69) is 15.9 Å². The summed E-state index contributed by atoms with van der Waals surface area (Å²) in [4.78, 5) is 22.9. The summed E-state index contributed by atoms with van der Waals surface area (Å²) in [6.07, 6.45) is -2.88. The number of rotatable bonds is 6. The van der Waals surface area contributed by atoms with E-state index < -0.39 is 23.8 Å². The number of alkyl halides is 4. The first-order valence-corrected chi connectivity index (χ1v) is 15.6. The molecule has 0 saturated carbocycles. The predicted octanol–water partition coefficient (Wildman–Crippen LogP) is 9.18. The Morgan fingerprint density at radius 2 is 1.57 bits per heavy atom. The number of amides is 2. The summed E-state index contributed by atoms with van der Waals surface area (Å²) < 4.78 is 46.8. The molecule has 2 unspecified atom stereocenters. The molecule has 0 spiro atoms. The molecule has 3 aromatic rings. The number of ether oxygens (including phenoxy) is 1. The van der Waals surface area contributed by atoms with Crippen molar-refractivity contribution in [3.63, 3.8) is 0 Å². The van der Waals surface area contributed by atoms with Crippen LogP contribution in [-0.4, -0.2) is 46.7 Å². The molecule has 1 saturated heterocycles. The lowest BCUT2D eigenvalue weighted by molar-refractivity contribution is -0.137. The highest BCUT2D eigenvalue weighted by atomic mass is 79.9. The first-order chi connectivity index (χ1) is 20.1. The maximum Gasteiger partial charge on any atom is 0.416 e. The van der Waals surface area contributed by atoms with Crippen molar-refractivity contribution in [3.8, 4) is 5.75 Å². The van der Waals surface area contributed by atoms with Crippen LogP contribution < -0.4 is 4.74 Å². The van der Waals surface area contributed by atoms with E-state index in [1.165, 1.54) is 6.07 Å². The standard InChI is InChI=1S/C31H29BrCl2F3N3O2/c1-2-42-26-17-22(31(35,36)37)7-12-25(26)29-38-27(20-3-8-23(33)9-4-20)28(21-5-10-24(34)11-6-21)40(29)30(41)39-15-13-19(18-32)14-16-39/h3-12,17,19,27-28H,2,13-16,18H2,1H3. The van der Waals surface area contributed by atoms with Gasteiger partial charge in [0.25, 0.3) is 0 Å². The first kappa shape index (κ1) is 30.7. The smallest absolute Gasteiger partial charge is 0.416 e. The van der Waals surface area contributed by atoms with E-state index in [1.807, 2.05) is 24.3 Å². The van der Waals surface area contributed by atoms with E-state index in [4.69, 9.17) is 32.9 Å². The largest absolute Gasteiger partial charge is 0.493 e. The molecule has 0 aromatic heterocycles. The Kier molecular flexibility index (Phi) is 9.40. The van der Waals surface area contributed by atoms with Crippen molar-refractivity contribution in [2.24, 2.45) is 10.9 Å². The van der Waals surface area contributed by atoms with Gasteiger partial charge < -0.3 is 9.64 Å². The minimum atomic E-state index is -4.56. The van der Waals surface area contributed by atoms with Gasteiger partial charge in [0.1, 0.15) is 17.6 Å². The Hall–Kier alpha value is -2.75. The van der Waals surface area contributed by atoms with Gasteiger partial charge in [-0.05, 0) is 79.3 Å². The van der Waals surface area contributed by atoms with Gasteiger partial charge in [0, 0.05) is 28.5 Å². The Bertz CT molecular complexity index is 1440. The molecular formula is C31H29BrCl2F3N3O2. The van der Waals surface area contributed by atoms with Crippen molar-refractivity contribution in [2.45, 2.75) is 38.0 Å². The van der Waals surface area contributed by atoms with Crippen LogP contribution in [0.5, 0.6) is 5.75 Å². The predicted molar refractivity (Wildman–Crippen MR) is 163 cm³/mol. The molecule has 2 aliphatic heterocycles. The number of likely N-dealkylation sites (tertiary alicyclic amines) is 1. The highest BCUT2D eigenvalue weighted by Crippen LogP contribution is 2.46. The number of hydrogen-bond donors (Lipinski definition) is 0. The van der Waals surface area contributed by atoms with Crippen LogP contribution in [0.2, 0.25) is 10.0 Å². The van der Waals surface area contributed by atoms with Gasteiger partial charge in [-0.2, -0.15) is 13.2 Å². The van der Waals surface area contributed by atoms with Crippen LogP contribution >= 0.6 is 39.1 Å². The van der Waals surface area contributed by atoms with Gasteiger partial charge >= 0.3 is 12.2 Å². The molecule has 11 heteroatoms. The summed E-state index contributed by atoms with van der Waals surface area (Å²) in [5, 5.41) is 1.95. The van der Waals surface area contributed by atoms with Crippen LogP contribution in [0.1, 0.15) is 54.1 Å².